The van der Waals surface area contributed by atoms with Crippen molar-refractivity contribution in [2.24, 2.45) is 0 Å². The lowest BCUT2D eigenvalue weighted by Gasteiger charge is -2.50. The van der Waals surface area contributed by atoms with Crippen molar-refractivity contribution >= 4 is 44.9 Å². The molecule has 7 nitrogen and oxygen atoms in total. The number of morpholine rings is 1. The average Bonchev–Trinajstić information content (AvgIpc) is 2.83. The fourth-order valence-electron chi connectivity index (χ4n) is 4.57. The zero-order valence-corrected chi connectivity index (χ0v) is 25.0. The summed E-state index contributed by atoms with van der Waals surface area (Å²) in [6, 6.07) is 10.7. The van der Waals surface area contributed by atoms with Crippen molar-refractivity contribution in [3.8, 4) is 0 Å². The van der Waals surface area contributed by atoms with E-state index in [0.717, 1.165) is 4.90 Å². The van der Waals surface area contributed by atoms with Gasteiger partial charge in [0.15, 0.2) is 15.4 Å². The van der Waals surface area contributed by atoms with Crippen LogP contribution in [-0.2, 0) is 24.2 Å². The Balaban J connectivity index is 2.43. The molecule has 41 heavy (non-hydrogen) atoms. The summed E-state index contributed by atoms with van der Waals surface area (Å²) in [5.41, 5.74) is -2.38. The molecule has 1 fully saturated rings. The Morgan fingerprint density at radius 1 is 1.07 bits per heavy atom. The van der Waals surface area contributed by atoms with Gasteiger partial charge in [0.1, 0.15) is 6.10 Å². The summed E-state index contributed by atoms with van der Waals surface area (Å²) in [7, 11) is -4.27. The normalized spacial score (nSPS) is 22.6. The molecule has 0 aliphatic carbocycles. The third-order valence-electron chi connectivity index (χ3n) is 6.83. The number of hydrogen-bond acceptors (Lipinski definition) is 5. The van der Waals surface area contributed by atoms with Crippen LogP contribution in [0, 0.1) is 0 Å². The number of ether oxygens (including phenoxy) is 1. The van der Waals surface area contributed by atoms with Crippen LogP contribution < -0.4 is 0 Å². The molecule has 224 valence electrons. The molecule has 1 saturated heterocycles. The molecule has 1 aliphatic heterocycles. The van der Waals surface area contributed by atoms with E-state index >= 15 is 0 Å². The summed E-state index contributed by atoms with van der Waals surface area (Å²) >= 11 is 12.3. The molecule has 0 radical (unpaired) electrons. The summed E-state index contributed by atoms with van der Waals surface area (Å²) in [5.74, 6) is -3.69. The highest BCUT2D eigenvalue weighted by atomic mass is 35.5. The lowest BCUT2D eigenvalue weighted by Crippen LogP contribution is -2.59. The summed E-state index contributed by atoms with van der Waals surface area (Å²) < 4.78 is 73.5. The van der Waals surface area contributed by atoms with Crippen molar-refractivity contribution in [3.63, 3.8) is 0 Å². The van der Waals surface area contributed by atoms with Crippen LogP contribution in [0.15, 0.2) is 60.3 Å². The number of carboxylic acids is 1. The van der Waals surface area contributed by atoms with E-state index in [1.807, 2.05) is 0 Å². The minimum absolute atomic E-state index is 0.224. The first-order valence-electron chi connectivity index (χ1n) is 12.6. The van der Waals surface area contributed by atoms with Gasteiger partial charge in [-0.1, -0.05) is 54.4 Å². The third-order valence-corrected chi connectivity index (χ3v) is 9.86. The van der Waals surface area contributed by atoms with E-state index in [4.69, 9.17) is 27.9 Å². The molecule has 0 aromatic heterocycles. The monoisotopic (exact) mass is 635 g/mol. The first kappa shape index (κ1) is 32.9. The highest BCUT2D eigenvalue weighted by Crippen LogP contribution is 2.50. The van der Waals surface area contributed by atoms with E-state index in [2.05, 4.69) is 0 Å². The average molecular weight is 637 g/mol. The van der Waals surface area contributed by atoms with Crippen LogP contribution in [0.1, 0.15) is 63.8 Å². The van der Waals surface area contributed by atoms with E-state index in [1.165, 1.54) is 58.0 Å². The van der Waals surface area contributed by atoms with Crippen LogP contribution in [0.4, 0.5) is 13.2 Å². The number of carboxylic acid groups (broad SMARTS) is 1. The van der Waals surface area contributed by atoms with Gasteiger partial charge in [-0.2, -0.15) is 13.2 Å². The standard InChI is InChI=1S/C28H30Cl2F3NO6S/c1-5-27(15-22(35)36)25(37)34(21(14-28(31,32)33)16-41(38,39)26(2,3)4)23(17-9-11-19(29)12-10-17)24(40-27)18-7-6-8-20(30)13-18/h6-14,23-24H,5,15-16H2,1-4H3,(H,35,36)/b21-14+/t23-,24-,27+/m1/s1. The first-order chi connectivity index (χ1) is 18.8. The number of carbonyl (C=O) groups excluding carboxylic acids is 1. The molecule has 2 aromatic rings. The van der Waals surface area contributed by atoms with Crippen LogP contribution in [-0.4, -0.2) is 52.6 Å². The van der Waals surface area contributed by atoms with E-state index < -0.39 is 68.3 Å². The van der Waals surface area contributed by atoms with Gasteiger partial charge in [-0.05, 0) is 62.6 Å². The zero-order chi connectivity index (χ0) is 31.0. The van der Waals surface area contributed by atoms with Gasteiger partial charge < -0.3 is 14.7 Å². The van der Waals surface area contributed by atoms with Crippen LogP contribution in [0.2, 0.25) is 10.0 Å². The van der Waals surface area contributed by atoms with Crippen molar-refractivity contribution in [3.05, 3.63) is 81.5 Å². The molecule has 2 aromatic carbocycles. The molecule has 3 rings (SSSR count). The molecule has 1 aliphatic rings. The van der Waals surface area contributed by atoms with Crippen LogP contribution in [0.5, 0.6) is 0 Å². The third kappa shape index (κ3) is 7.43. The number of alkyl halides is 3. The Bertz CT molecular complexity index is 1440. The van der Waals surface area contributed by atoms with Crippen LogP contribution in [0.25, 0.3) is 0 Å². The van der Waals surface area contributed by atoms with Crippen molar-refractivity contribution in [2.45, 2.75) is 69.2 Å². The Kier molecular flexibility index (Phi) is 9.59. The van der Waals surface area contributed by atoms with E-state index in [0.29, 0.717) is 10.6 Å². The summed E-state index contributed by atoms with van der Waals surface area (Å²) in [6.45, 7) is 5.47. The number of aliphatic carboxylic acids is 1. The molecular formula is C28H30Cl2F3NO6S. The molecule has 1 N–H and O–H groups in total. The lowest BCUT2D eigenvalue weighted by atomic mass is 9.84. The Morgan fingerprint density at radius 2 is 1.68 bits per heavy atom. The largest absolute Gasteiger partial charge is 0.481 e. The second-order valence-corrected chi connectivity index (χ2v) is 14.3. The minimum atomic E-state index is -5.03. The molecule has 3 atom stereocenters. The molecule has 0 unspecified atom stereocenters. The van der Waals surface area contributed by atoms with Gasteiger partial charge in [0.05, 0.1) is 23.0 Å². The zero-order valence-electron chi connectivity index (χ0n) is 22.7. The topological polar surface area (TPSA) is 101 Å². The summed E-state index contributed by atoms with van der Waals surface area (Å²) in [4.78, 5) is 26.9. The van der Waals surface area contributed by atoms with Gasteiger partial charge in [0.2, 0.25) is 0 Å². The highest BCUT2D eigenvalue weighted by molar-refractivity contribution is 7.92. The SMILES string of the molecule is CC[C@@]1(CC(=O)O)O[C@H](c2cccc(Cl)c2)[C@@H](c2ccc(Cl)cc2)N(/C(=C/C(F)(F)F)CS(=O)(=O)C(C)(C)C)C1=O. The van der Waals surface area contributed by atoms with Crippen LogP contribution in [0.3, 0.4) is 0 Å². The maximum atomic E-state index is 14.3. The molecule has 0 spiro atoms. The van der Waals surface area contributed by atoms with Crippen molar-refractivity contribution < 1.29 is 41.0 Å². The second kappa shape index (κ2) is 11.9. The Hall–Kier alpha value is -2.60. The first-order valence-corrected chi connectivity index (χ1v) is 15.0. The number of nitrogens with zero attached hydrogens (tertiary/aromatic N) is 1. The molecule has 1 heterocycles. The van der Waals surface area contributed by atoms with E-state index in [9.17, 15) is 36.3 Å². The van der Waals surface area contributed by atoms with E-state index in [1.54, 1.807) is 18.2 Å². The van der Waals surface area contributed by atoms with Crippen LogP contribution >= 0.6 is 23.2 Å². The number of benzene rings is 2. The van der Waals surface area contributed by atoms with E-state index in [-0.39, 0.29) is 23.1 Å². The molecule has 1 amide bonds. The van der Waals surface area contributed by atoms with Crippen molar-refractivity contribution in [1.29, 1.82) is 0 Å². The number of halogens is 5. The number of amides is 1. The number of sulfone groups is 1. The fourth-order valence-corrected chi connectivity index (χ4v) is 5.94. The minimum Gasteiger partial charge on any atom is -0.481 e. The lowest BCUT2D eigenvalue weighted by molar-refractivity contribution is -0.203. The Labute approximate surface area is 246 Å². The number of rotatable bonds is 8. The summed E-state index contributed by atoms with van der Waals surface area (Å²) in [6.07, 6.45) is -7.61. The van der Waals surface area contributed by atoms with Crippen molar-refractivity contribution in [2.75, 3.05) is 5.75 Å². The fraction of sp³-hybridized carbons (Fsp3) is 0.429. The maximum absolute atomic E-state index is 14.3. The molecule has 13 heteroatoms. The predicted octanol–water partition coefficient (Wildman–Crippen LogP) is 6.92. The predicted molar refractivity (Wildman–Crippen MR) is 149 cm³/mol. The van der Waals surface area contributed by atoms with Gasteiger partial charge in [-0.3, -0.25) is 9.59 Å². The summed E-state index contributed by atoms with van der Waals surface area (Å²) in [5, 5.41) is 10.3. The second-order valence-electron chi connectivity index (χ2n) is 10.7. The molecular weight excluding hydrogens is 606 g/mol. The maximum Gasteiger partial charge on any atom is 0.411 e. The number of hydrogen-bond donors (Lipinski definition) is 1. The van der Waals surface area contributed by atoms with Gasteiger partial charge in [-0.15, -0.1) is 0 Å². The quantitative estimate of drug-likeness (QED) is 0.338. The van der Waals surface area contributed by atoms with Gasteiger partial charge in [-0.25, -0.2) is 8.42 Å². The number of allylic oxidation sites excluding steroid dienone is 1. The number of carbonyl (C=O) groups is 2. The Morgan fingerprint density at radius 3 is 2.17 bits per heavy atom. The van der Waals surface area contributed by atoms with Gasteiger partial charge in [0, 0.05) is 21.8 Å². The smallest absolute Gasteiger partial charge is 0.411 e. The highest BCUT2D eigenvalue weighted by Gasteiger charge is 2.55. The molecule has 0 bridgehead atoms. The van der Waals surface area contributed by atoms with Gasteiger partial charge in [0.25, 0.3) is 5.91 Å². The molecule has 0 saturated carbocycles. The van der Waals surface area contributed by atoms with Gasteiger partial charge >= 0.3 is 12.1 Å². The van der Waals surface area contributed by atoms with Crippen molar-refractivity contribution in [1.82, 2.24) is 4.90 Å².